The molecule has 27 heavy (non-hydrogen) atoms. The van der Waals surface area contributed by atoms with E-state index in [4.69, 9.17) is 0 Å². The molecule has 0 saturated carbocycles. The van der Waals surface area contributed by atoms with Crippen LogP contribution in [0, 0.1) is 6.92 Å². The molecule has 0 aliphatic carbocycles. The van der Waals surface area contributed by atoms with E-state index in [-0.39, 0.29) is 5.91 Å². The Morgan fingerprint density at radius 2 is 1.67 bits per heavy atom. The molecule has 1 aromatic heterocycles. The number of nitrogens with one attached hydrogen (secondary N) is 3. The van der Waals surface area contributed by atoms with E-state index in [9.17, 15) is 4.79 Å². The molecule has 0 unspecified atom stereocenters. The Morgan fingerprint density at radius 3 is 2.37 bits per heavy atom. The largest absolute Gasteiger partial charge is 0.354 e. The van der Waals surface area contributed by atoms with E-state index in [0.717, 1.165) is 35.0 Å². The van der Waals surface area contributed by atoms with Crippen LogP contribution in [0.25, 0.3) is 0 Å². The number of carbonyl (C=O) groups is 1. The third-order valence-corrected chi connectivity index (χ3v) is 3.84. The standard InChI is InChI=1S/C21H23N5O/c1-3-22-21-23-15(2)13-19(26-21)24-17-9-11-18(12-10-17)25-20(27)14-16-7-5-4-6-8-16/h4-13H,3,14H2,1-2H3,(H,25,27)(H2,22,23,24,26). The van der Waals surface area contributed by atoms with Crippen molar-refractivity contribution in [3.05, 3.63) is 71.9 Å². The number of amides is 1. The van der Waals surface area contributed by atoms with Crippen LogP contribution in [0.15, 0.2) is 60.7 Å². The van der Waals surface area contributed by atoms with Gasteiger partial charge in [0.05, 0.1) is 6.42 Å². The van der Waals surface area contributed by atoms with E-state index in [0.29, 0.717) is 12.4 Å². The highest BCUT2D eigenvalue weighted by atomic mass is 16.1. The molecular formula is C21H23N5O. The molecule has 6 heteroatoms. The van der Waals surface area contributed by atoms with Gasteiger partial charge in [-0.25, -0.2) is 4.98 Å². The molecule has 6 nitrogen and oxygen atoms in total. The summed E-state index contributed by atoms with van der Waals surface area (Å²) >= 11 is 0. The van der Waals surface area contributed by atoms with Crippen molar-refractivity contribution >= 4 is 29.0 Å². The highest BCUT2D eigenvalue weighted by molar-refractivity contribution is 5.92. The summed E-state index contributed by atoms with van der Waals surface area (Å²) in [6.07, 6.45) is 0.355. The van der Waals surface area contributed by atoms with Gasteiger partial charge in [0, 0.05) is 29.7 Å². The zero-order valence-electron chi connectivity index (χ0n) is 15.5. The summed E-state index contributed by atoms with van der Waals surface area (Å²) in [5.41, 5.74) is 3.52. The molecule has 3 N–H and O–H groups in total. The van der Waals surface area contributed by atoms with Crippen molar-refractivity contribution in [2.24, 2.45) is 0 Å². The van der Waals surface area contributed by atoms with E-state index in [1.54, 1.807) is 0 Å². The number of anilines is 4. The fraction of sp³-hybridized carbons (Fsp3) is 0.190. The number of hydrogen-bond acceptors (Lipinski definition) is 5. The molecule has 0 spiro atoms. The topological polar surface area (TPSA) is 78.9 Å². The van der Waals surface area contributed by atoms with Crippen molar-refractivity contribution in [1.29, 1.82) is 0 Å². The molecule has 3 aromatic rings. The maximum absolute atomic E-state index is 12.1. The first-order valence-electron chi connectivity index (χ1n) is 8.93. The average molecular weight is 361 g/mol. The van der Waals surface area contributed by atoms with Crippen molar-refractivity contribution in [1.82, 2.24) is 9.97 Å². The van der Waals surface area contributed by atoms with Gasteiger partial charge in [0.15, 0.2) is 0 Å². The second kappa shape index (κ2) is 8.80. The zero-order chi connectivity index (χ0) is 19.1. The zero-order valence-corrected chi connectivity index (χ0v) is 15.5. The van der Waals surface area contributed by atoms with Gasteiger partial charge in [0.1, 0.15) is 5.82 Å². The van der Waals surface area contributed by atoms with Crippen molar-refractivity contribution < 1.29 is 4.79 Å². The lowest BCUT2D eigenvalue weighted by Gasteiger charge is -2.10. The first kappa shape index (κ1) is 18.4. The third kappa shape index (κ3) is 5.54. The Morgan fingerprint density at radius 1 is 0.963 bits per heavy atom. The van der Waals surface area contributed by atoms with E-state index in [2.05, 4.69) is 25.9 Å². The second-order valence-corrected chi connectivity index (χ2v) is 6.16. The number of aromatic nitrogens is 2. The molecular weight excluding hydrogens is 338 g/mol. The lowest BCUT2D eigenvalue weighted by molar-refractivity contribution is -0.115. The van der Waals surface area contributed by atoms with E-state index < -0.39 is 0 Å². The van der Waals surface area contributed by atoms with Crippen LogP contribution in [0.4, 0.5) is 23.1 Å². The molecule has 0 saturated heterocycles. The smallest absolute Gasteiger partial charge is 0.228 e. The van der Waals surface area contributed by atoms with Gasteiger partial charge in [0.2, 0.25) is 11.9 Å². The Bertz CT molecular complexity index is 894. The van der Waals surface area contributed by atoms with Gasteiger partial charge < -0.3 is 16.0 Å². The van der Waals surface area contributed by atoms with Gasteiger partial charge in [0.25, 0.3) is 0 Å². The van der Waals surface area contributed by atoms with Crippen LogP contribution in [0.3, 0.4) is 0 Å². The lowest BCUT2D eigenvalue weighted by atomic mass is 10.1. The molecule has 0 bridgehead atoms. The highest BCUT2D eigenvalue weighted by Gasteiger charge is 2.05. The van der Waals surface area contributed by atoms with Crippen molar-refractivity contribution in [2.75, 3.05) is 22.5 Å². The minimum atomic E-state index is -0.0383. The number of hydrogen-bond donors (Lipinski definition) is 3. The number of carbonyl (C=O) groups excluding carboxylic acids is 1. The van der Waals surface area contributed by atoms with Gasteiger partial charge in [-0.2, -0.15) is 4.98 Å². The van der Waals surface area contributed by atoms with Crippen molar-refractivity contribution in [3.8, 4) is 0 Å². The quantitative estimate of drug-likeness (QED) is 0.589. The normalized spacial score (nSPS) is 10.3. The fourth-order valence-electron chi connectivity index (χ4n) is 2.64. The molecule has 0 radical (unpaired) electrons. The van der Waals surface area contributed by atoms with E-state index >= 15 is 0 Å². The predicted octanol–water partition coefficient (Wildman–Crippen LogP) is 4.14. The maximum Gasteiger partial charge on any atom is 0.228 e. The van der Waals surface area contributed by atoms with E-state index in [1.165, 1.54) is 0 Å². The van der Waals surface area contributed by atoms with Crippen LogP contribution in [-0.2, 0) is 11.2 Å². The summed E-state index contributed by atoms with van der Waals surface area (Å²) < 4.78 is 0. The molecule has 0 aliphatic rings. The van der Waals surface area contributed by atoms with Gasteiger partial charge in [-0.05, 0) is 43.7 Å². The first-order valence-corrected chi connectivity index (χ1v) is 8.93. The van der Waals surface area contributed by atoms with Crippen LogP contribution in [0.5, 0.6) is 0 Å². The Hall–Kier alpha value is -3.41. The van der Waals surface area contributed by atoms with Gasteiger partial charge in [-0.15, -0.1) is 0 Å². The minimum absolute atomic E-state index is 0.0383. The summed E-state index contributed by atoms with van der Waals surface area (Å²) in [6, 6.07) is 19.1. The molecule has 0 fully saturated rings. The minimum Gasteiger partial charge on any atom is -0.354 e. The molecule has 0 aliphatic heterocycles. The number of rotatable bonds is 7. The molecule has 1 heterocycles. The lowest BCUT2D eigenvalue weighted by Crippen LogP contribution is -2.14. The number of nitrogens with zero attached hydrogens (tertiary/aromatic N) is 2. The summed E-state index contributed by atoms with van der Waals surface area (Å²) in [5.74, 6) is 1.28. The van der Waals surface area contributed by atoms with Gasteiger partial charge in [-0.1, -0.05) is 30.3 Å². The van der Waals surface area contributed by atoms with Crippen molar-refractivity contribution in [3.63, 3.8) is 0 Å². The van der Waals surface area contributed by atoms with Crippen LogP contribution in [0.1, 0.15) is 18.2 Å². The molecule has 1 amide bonds. The monoisotopic (exact) mass is 361 g/mol. The summed E-state index contributed by atoms with van der Waals surface area (Å²) in [4.78, 5) is 20.9. The highest BCUT2D eigenvalue weighted by Crippen LogP contribution is 2.19. The summed E-state index contributed by atoms with van der Waals surface area (Å²) in [5, 5.41) is 9.29. The number of aryl methyl sites for hydroxylation is 1. The van der Waals surface area contributed by atoms with Crippen molar-refractivity contribution in [2.45, 2.75) is 20.3 Å². The first-order chi connectivity index (χ1) is 13.1. The number of benzene rings is 2. The Kier molecular flexibility index (Phi) is 5.99. The van der Waals surface area contributed by atoms with Crippen LogP contribution in [-0.4, -0.2) is 22.4 Å². The summed E-state index contributed by atoms with van der Waals surface area (Å²) in [7, 11) is 0. The van der Waals surface area contributed by atoms with Gasteiger partial charge in [-0.3, -0.25) is 4.79 Å². The fourth-order valence-corrected chi connectivity index (χ4v) is 2.64. The predicted molar refractivity (Wildman–Crippen MR) is 109 cm³/mol. The van der Waals surface area contributed by atoms with E-state index in [1.807, 2.05) is 74.5 Å². The molecule has 0 atom stereocenters. The van der Waals surface area contributed by atoms with Crippen LogP contribution < -0.4 is 16.0 Å². The SMILES string of the molecule is CCNc1nc(C)cc(Nc2ccc(NC(=O)Cc3ccccc3)cc2)n1. The van der Waals surface area contributed by atoms with Crippen LogP contribution in [0.2, 0.25) is 0 Å². The molecule has 3 rings (SSSR count). The third-order valence-electron chi connectivity index (χ3n) is 3.84. The summed E-state index contributed by atoms with van der Waals surface area (Å²) in [6.45, 7) is 4.70. The van der Waals surface area contributed by atoms with Crippen LogP contribution >= 0.6 is 0 Å². The Balaban J connectivity index is 1.61. The second-order valence-electron chi connectivity index (χ2n) is 6.16. The average Bonchev–Trinajstić information content (AvgIpc) is 2.64. The van der Waals surface area contributed by atoms with Gasteiger partial charge >= 0.3 is 0 Å². The maximum atomic E-state index is 12.1. The Labute approximate surface area is 159 Å². The molecule has 2 aromatic carbocycles. The molecule has 138 valence electrons.